The maximum atomic E-state index is 6.05. The molecular weight excluding hydrogens is 277 g/mol. The molecule has 1 aromatic carbocycles. The van der Waals surface area contributed by atoms with E-state index in [-0.39, 0.29) is 0 Å². The van der Waals surface area contributed by atoms with Crippen molar-refractivity contribution < 1.29 is 0 Å². The normalized spacial score (nSPS) is 22.4. The zero-order valence-electron chi connectivity index (χ0n) is 11.8. The topological polar surface area (TPSA) is 3.24 Å². The number of nitrogens with zero attached hydrogens (tertiary/aromatic N) is 1. The Bertz CT molecular complexity index is 419. The van der Waals surface area contributed by atoms with Gasteiger partial charge in [0.05, 0.1) is 10.0 Å². The third-order valence-corrected chi connectivity index (χ3v) is 4.89. The highest BCUT2D eigenvalue weighted by atomic mass is 35.5. The van der Waals surface area contributed by atoms with Crippen LogP contribution in [0.4, 0.5) is 0 Å². The summed E-state index contributed by atoms with van der Waals surface area (Å²) in [6.07, 6.45) is 4.99. The largest absolute Gasteiger partial charge is 0.300 e. The van der Waals surface area contributed by atoms with Crippen LogP contribution in [0.2, 0.25) is 10.0 Å². The maximum Gasteiger partial charge on any atom is 0.0595 e. The number of benzene rings is 1. The molecule has 0 amide bonds. The summed E-state index contributed by atoms with van der Waals surface area (Å²) >= 11 is 12.0. The molecule has 0 aromatic heterocycles. The Morgan fingerprint density at radius 2 is 2.11 bits per heavy atom. The molecule has 1 saturated heterocycles. The lowest BCUT2D eigenvalue weighted by Crippen LogP contribution is -2.40. The van der Waals surface area contributed by atoms with Gasteiger partial charge in [-0.1, -0.05) is 36.2 Å². The van der Waals surface area contributed by atoms with Crippen LogP contribution in [0.15, 0.2) is 18.2 Å². The predicted molar refractivity (Wildman–Crippen MR) is 84.2 cm³/mol. The van der Waals surface area contributed by atoms with Crippen molar-refractivity contribution >= 4 is 23.2 Å². The van der Waals surface area contributed by atoms with Crippen LogP contribution in [0.3, 0.4) is 0 Å². The Hall–Kier alpha value is -0.240. The minimum Gasteiger partial charge on any atom is -0.300 e. The summed E-state index contributed by atoms with van der Waals surface area (Å²) in [5.74, 6) is 0.848. The van der Waals surface area contributed by atoms with Crippen molar-refractivity contribution in [2.24, 2.45) is 5.92 Å². The van der Waals surface area contributed by atoms with E-state index in [4.69, 9.17) is 23.2 Å². The van der Waals surface area contributed by atoms with E-state index < -0.39 is 0 Å². The standard InChI is InChI=1S/C16H23Cl2N/c1-12-4-3-9-19(11-12)13(2)5-6-14-7-8-15(17)16(18)10-14/h7-8,10,12-13H,3-6,9,11H2,1-2H3. The molecule has 0 N–H and O–H groups in total. The van der Waals surface area contributed by atoms with E-state index in [1.165, 1.54) is 37.9 Å². The summed E-state index contributed by atoms with van der Waals surface area (Å²) in [6.45, 7) is 7.21. The van der Waals surface area contributed by atoms with Crippen molar-refractivity contribution in [3.8, 4) is 0 Å². The van der Waals surface area contributed by atoms with Crippen LogP contribution in [0.1, 0.15) is 38.7 Å². The second kappa shape index (κ2) is 6.97. The van der Waals surface area contributed by atoms with E-state index in [9.17, 15) is 0 Å². The molecule has 1 aromatic rings. The number of hydrogen-bond donors (Lipinski definition) is 0. The fourth-order valence-corrected chi connectivity index (χ4v) is 3.20. The molecule has 0 aliphatic carbocycles. The van der Waals surface area contributed by atoms with E-state index in [2.05, 4.69) is 24.8 Å². The van der Waals surface area contributed by atoms with Gasteiger partial charge < -0.3 is 4.90 Å². The van der Waals surface area contributed by atoms with Crippen LogP contribution in [-0.4, -0.2) is 24.0 Å². The minimum absolute atomic E-state index is 0.642. The van der Waals surface area contributed by atoms with Gasteiger partial charge in [0.1, 0.15) is 0 Å². The molecule has 1 heterocycles. The Balaban J connectivity index is 1.85. The van der Waals surface area contributed by atoms with E-state index in [1.807, 2.05) is 12.1 Å². The first-order chi connectivity index (χ1) is 9.06. The van der Waals surface area contributed by atoms with Gasteiger partial charge in [-0.05, 0) is 62.8 Å². The quantitative estimate of drug-likeness (QED) is 0.752. The molecule has 1 nitrogen and oxygen atoms in total. The monoisotopic (exact) mass is 299 g/mol. The Labute approximate surface area is 126 Å². The molecule has 0 bridgehead atoms. The van der Waals surface area contributed by atoms with E-state index in [1.54, 1.807) is 0 Å². The highest BCUT2D eigenvalue weighted by molar-refractivity contribution is 6.42. The Morgan fingerprint density at radius 3 is 2.79 bits per heavy atom. The molecule has 0 spiro atoms. The number of rotatable bonds is 4. The average molecular weight is 300 g/mol. The van der Waals surface area contributed by atoms with Gasteiger partial charge in [0, 0.05) is 12.6 Å². The van der Waals surface area contributed by atoms with Gasteiger partial charge >= 0.3 is 0 Å². The summed E-state index contributed by atoms with van der Waals surface area (Å²) in [6, 6.07) is 6.62. The molecule has 1 aliphatic rings. The third kappa shape index (κ3) is 4.37. The van der Waals surface area contributed by atoms with Gasteiger partial charge in [0.25, 0.3) is 0 Å². The van der Waals surface area contributed by atoms with Crippen molar-refractivity contribution in [1.29, 1.82) is 0 Å². The lowest BCUT2D eigenvalue weighted by molar-refractivity contribution is 0.133. The molecular formula is C16H23Cl2N. The predicted octanol–water partition coefficient (Wildman–Crippen LogP) is 5.05. The summed E-state index contributed by atoms with van der Waals surface area (Å²) in [4.78, 5) is 2.63. The zero-order chi connectivity index (χ0) is 13.8. The smallest absolute Gasteiger partial charge is 0.0595 e. The molecule has 0 radical (unpaired) electrons. The van der Waals surface area contributed by atoms with Crippen molar-refractivity contribution in [3.63, 3.8) is 0 Å². The highest BCUT2D eigenvalue weighted by Crippen LogP contribution is 2.24. The maximum absolute atomic E-state index is 6.05. The SMILES string of the molecule is CC1CCCN(C(C)CCc2ccc(Cl)c(Cl)c2)C1. The highest BCUT2D eigenvalue weighted by Gasteiger charge is 2.20. The first kappa shape index (κ1) is 15.2. The van der Waals surface area contributed by atoms with Crippen LogP contribution in [0, 0.1) is 5.92 Å². The van der Waals surface area contributed by atoms with E-state index in [0.717, 1.165) is 12.3 Å². The number of aryl methyl sites for hydroxylation is 1. The molecule has 0 saturated carbocycles. The first-order valence-corrected chi connectivity index (χ1v) is 8.00. The Morgan fingerprint density at radius 1 is 1.32 bits per heavy atom. The summed E-state index contributed by atoms with van der Waals surface area (Å²) in [5.41, 5.74) is 1.28. The summed E-state index contributed by atoms with van der Waals surface area (Å²) in [7, 11) is 0. The minimum atomic E-state index is 0.642. The van der Waals surface area contributed by atoms with E-state index in [0.29, 0.717) is 16.1 Å². The number of likely N-dealkylation sites (tertiary alicyclic amines) is 1. The fraction of sp³-hybridized carbons (Fsp3) is 0.625. The molecule has 2 unspecified atom stereocenters. The molecule has 3 heteroatoms. The van der Waals surface area contributed by atoms with Crippen molar-refractivity contribution in [3.05, 3.63) is 33.8 Å². The van der Waals surface area contributed by atoms with Crippen molar-refractivity contribution in [2.75, 3.05) is 13.1 Å². The molecule has 1 aliphatic heterocycles. The second-order valence-corrected chi connectivity index (χ2v) is 6.69. The average Bonchev–Trinajstić information content (AvgIpc) is 2.40. The number of hydrogen-bond acceptors (Lipinski definition) is 1. The van der Waals surface area contributed by atoms with Gasteiger partial charge in [-0.25, -0.2) is 0 Å². The lowest BCUT2D eigenvalue weighted by atomic mass is 9.97. The van der Waals surface area contributed by atoms with Crippen LogP contribution in [-0.2, 0) is 6.42 Å². The first-order valence-electron chi connectivity index (χ1n) is 7.24. The van der Waals surface area contributed by atoms with Gasteiger partial charge in [0.2, 0.25) is 0 Å². The Kier molecular flexibility index (Phi) is 5.56. The molecule has 1 fully saturated rings. The molecule has 2 atom stereocenters. The molecule has 19 heavy (non-hydrogen) atoms. The third-order valence-electron chi connectivity index (χ3n) is 4.15. The number of halogens is 2. The van der Waals surface area contributed by atoms with Crippen LogP contribution >= 0.6 is 23.2 Å². The zero-order valence-corrected chi connectivity index (χ0v) is 13.3. The van der Waals surface area contributed by atoms with Gasteiger partial charge in [-0.15, -0.1) is 0 Å². The van der Waals surface area contributed by atoms with E-state index >= 15 is 0 Å². The van der Waals surface area contributed by atoms with Crippen LogP contribution in [0.25, 0.3) is 0 Å². The fourth-order valence-electron chi connectivity index (χ4n) is 2.88. The van der Waals surface area contributed by atoms with Gasteiger partial charge in [-0.3, -0.25) is 0 Å². The lowest BCUT2D eigenvalue weighted by Gasteiger charge is -2.35. The molecule has 2 rings (SSSR count). The number of piperidine rings is 1. The summed E-state index contributed by atoms with van der Waals surface area (Å²) < 4.78 is 0. The van der Waals surface area contributed by atoms with Crippen molar-refractivity contribution in [2.45, 2.75) is 45.6 Å². The van der Waals surface area contributed by atoms with Crippen molar-refractivity contribution in [1.82, 2.24) is 4.90 Å². The van der Waals surface area contributed by atoms with Crippen LogP contribution < -0.4 is 0 Å². The van der Waals surface area contributed by atoms with Gasteiger partial charge in [-0.2, -0.15) is 0 Å². The second-order valence-electron chi connectivity index (χ2n) is 5.88. The van der Waals surface area contributed by atoms with Crippen LogP contribution in [0.5, 0.6) is 0 Å². The molecule has 106 valence electrons. The summed E-state index contributed by atoms with van der Waals surface area (Å²) in [5, 5.41) is 1.31. The van der Waals surface area contributed by atoms with Gasteiger partial charge in [0.15, 0.2) is 0 Å².